The molecule has 0 N–H and O–H groups in total. The molecule has 0 heterocycles. The third-order valence-corrected chi connectivity index (χ3v) is 2.32. The van der Waals surface area contributed by atoms with Gasteiger partial charge in [-0.15, -0.1) is 0 Å². The minimum atomic E-state index is -0.0969. The molecule has 0 bridgehead atoms. The lowest BCUT2D eigenvalue weighted by atomic mass is 9.93. The van der Waals surface area contributed by atoms with Crippen LogP contribution < -0.4 is 0 Å². The monoisotopic (exact) mass is 226 g/mol. The molecule has 0 unspecified atom stereocenters. The molecule has 0 amide bonds. The summed E-state index contributed by atoms with van der Waals surface area (Å²) in [4.78, 5) is 21.8. The normalized spacial score (nSPS) is 13.3. The number of carbonyl (C=O) groups is 2. The maximum atomic E-state index is 11.2. The Labute approximate surface area is 97.9 Å². The Morgan fingerprint density at radius 3 is 2.19 bits per heavy atom. The van der Waals surface area contributed by atoms with Gasteiger partial charge in [-0.25, -0.2) is 0 Å². The predicted molar refractivity (Wildman–Crippen MR) is 64.3 cm³/mol. The minimum Gasteiger partial charge on any atom is -0.377 e. The highest BCUT2D eigenvalue weighted by atomic mass is 16.5. The average Bonchev–Trinajstić information content (AvgIpc) is 2.14. The fourth-order valence-corrected chi connectivity index (χ4v) is 1.12. The molecular weight excluding hydrogens is 204 g/mol. The molecule has 0 aliphatic rings. The van der Waals surface area contributed by atoms with Crippen LogP contribution in [0, 0.1) is 5.41 Å². The second-order valence-electron chi connectivity index (χ2n) is 5.20. The smallest absolute Gasteiger partial charge is 0.158 e. The number of allylic oxidation sites excluding steroid dienone is 1. The lowest BCUT2D eigenvalue weighted by Crippen LogP contribution is -2.13. The van der Waals surface area contributed by atoms with Gasteiger partial charge in [-0.2, -0.15) is 0 Å². The number of rotatable bonds is 6. The molecule has 3 nitrogen and oxygen atoms in total. The second kappa shape index (κ2) is 6.59. The van der Waals surface area contributed by atoms with Gasteiger partial charge in [-0.05, 0) is 31.3 Å². The molecule has 0 saturated carbocycles. The third kappa shape index (κ3) is 6.51. The first-order chi connectivity index (χ1) is 7.28. The quantitative estimate of drug-likeness (QED) is 0.397. The molecule has 0 radical (unpaired) electrons. The summed E-state index contributed by atoms with van der Waals surface area (Å²) < 4.78 is 5.42. The van der Waals surface area contributed by atoms with Gasteiger partial charge in [0, 0.05) is 12.2 Å². The molecule has 0 fully saturated rings. The molecule has 0 aromatic rings. The Hall–Kier alpha value is -0.960. The van der Waals surface area contributed by atoms with Crippen LogP contribution in [0.3, 0.4) is 0 Å². The molecule has 0 saturated heterocycles. The Morgan fingerprint density at radius 2 is 1.81 bits per heavy atom. The Morgan fingerprint density at radius 1 is 1.25 bits per heavy atom. The van der Waals surface area contributed by atoms with E-state index < -0.39 is 0 Å². The van der Waals surface area contributed by atoms with Crippen molar-refractivity contribution in [3.8, 4) is 0 Å². The molecule has 0 spiro atoms. The van der Waals surface area contributed by atoms with Crippen LogP contribution in [0.25, 0.3) is 0 Å². The van der Waals surface area contributed by atoms with Crippen molar-refractivity contribution < 1.29 is 14.3 Å². The summed E-state index contributed by atoms with van der Waals surface area (Å²) in [5.74, 6) is -0.0969. The van der Waals surface area contributed by atoms with E-state index in [9.17, 15) is 9.59 Å². The Bertz CT molecular complexity index is 282. The second-order valence-corrected chi connectivity index (χ2v) is 5.20. The van der Waals surface area contributed by atoms with Crippen LogP contribution in [-0.4, -0.2) is 25.3 Å². The van der Waals surface area contributed by atoms with Gasteiger partial charge >= 0.3 is 0 Å². The van der Waals surface area contributed by atoms with Gasteiger partial charge < -0.3 is 4.74 Å². The number of ether oxygens (including phenoxy) is 1. The van der Waals surface area contributed by atoms with Crippen LogP contribution in [0.2, 0.25) is 0 Å². The standard InChI is InChI=1S/C13H22O3/c1-10(8-14)12(11(2)15)9-16-7-6-13(3,4)5/h8H,6-7,9H2,1-5H3/b12-10-. The van der Waals surface area contributed by atoms with E-state index >= 15 is 0 Å². The summed E-state index contributed by atoms with van der Waals surface area (Å²) in [5, 5.41) is 0. The van der Waals surface area contributed by atoms with Crippen LogP contribution >= 0.6 is 0 Å². The van der Waals surface area contributed by atoms with Crippen LogP contribution in [0.4, 0.5) is 0 Å². The summed E-state index contributed by atoms with van der Waals surface area (Å²) >= 11 is 0. The van der Waals surface area contributed by atoms with E-state index in [1.54, 1.807) is 6.92 Å². The number of hydrogen-bond acceptors (Lipinski definition) is 3. The SMILES string of the molecule is CC(=O)/C(COCCC(C)(C)C)=C(/C)C=O. The van der Waals surface area contributed by atoms with Gasteiger partial charge in [0.2, 0.25) is 0 Å². The fraction of sp³-hybridized carbons (Fsp3) is 0.692. The van der Waals surface area contributed by atoms with E-state index in [-0.39, 0.29) is 17.8 Å². The maximum Gasteiger partial charge on any atom is 0.158 e. The van der Waals surface area contributed by atoms with Crippen molar-refractivity contribution in [3.63, 3.8) is 0 Å². The van der Waals surface area contributed by atoms with Gasteiger partial charge in [0.25, 0.3) is 0 Å². The Balaban J connectivity index is 4.17. The highest BCUT2D eigenvalue weighted by Crippen LogP contribution is 2.18. The predicted octanol–water partition coefficient (Wildman–Crippen LogP) is 2.54. The number of aldehydes is 1. The molecule has 3 heteroatoms. The van der Waals surface area contributed by atoms with Gasteiger partial charge in [0.05, 0.1) is 6.61 Å². The van der Waals surface area contributed by atoms with Gasteiger partial charge in [-0.3, -0.25) is 9.59 Å². The lowest BCUT2D eigenvalue weighted by molar-refractivity contribution is -0.114. The van der Waals surface area contributed by atoms with Gasteiger partial charge in [0.1, 0.15) is 6.29 Å². The summed E-state index contributed by atoms with van der Waals surface area (Å²) in [7, 11) is 0. The molecule has 0 aromatic heterocycles. The molecule has 16 heavy (non-hydrogen) atoms. The van der Waals surface area contributed by atoms with Crippen molar-refractivity contribution in [1.82, 2.24) is 0 Å². The van der Waals surface area contributed by atoms with Crippen LogP contribution in [0.1, 0.15) is 41.0 Å². The summed E-state index contributed by atoms with van der Waals surface area (Å²) in [6, 6.07) is 0. The summed E-state index contributed by atoms with van der Waals surface area (Å²) in [6.45, 7) is 10.3. The lowest BCUT2D eigenvalue weighted by Gasteiger charge is -2.17. The van der Waals surface area contributed by atoms with E-state index in [0.717, 1.165) is 6.42 Å². The van der Waals surface area contributed by atoms with Gasteiger partial charge in [-0.1, -0.05) is 20.8 Å². The number of ketones is 1. The number of hydrogen-bond donors (Lipinski definition) is 0. The van der Waals surface area contributed by atoms with Crippen LogP contribution in [-0.2, 0) is 14.3 Å². The zero-order valence-electron chi connectivity index (χ0n) is 10.9. The van der Waals surface area contributed by atoms with Crippen molar-refractivity contribution in [3.05, 3.63) is 11.1 Å². The van der Waals surface area contributed by atoms with E-state index in [4.69, 9.17) is 4.74 Å². The number of Topliss-reactive ketones (excluding diaryl/α,β-unsaturated/α-hetero) is 1. The topological polar surface area (TPSA) is 43.4 Å². The average molecular weight is 226 g/mol. The Kier molecular flexibility index (Phi) is 6.19. The third-order valence-electron chi connectivity index (χ3n) is 2.32. The van der Waals surface area contributed by atoms with Crippen molar-refractivity contribution in [2.45, 2.75) is 41.0 Å². The van der Waals surface area contributed by atoms with Crippen LogP contribution in [0.15, 0.2) is 11.1 Å². The molecule has 92 valence electrons. The first kappa shape index (κ1) is 15.0. The largest absolute Gasteiger partial charge is 0.377 e. The maximum absolute atomic E-state index is 11.2. The van der Waals surface area contributed by atoms with Crippen molar-refractivity contribution in [2.75, 3.05) is 13.2 Å². The first-order valence-corrected chi connectivity index (χ1v) is 5.51. The highest BCUT2D eigenvalue weighted by Gasteiger charge is 2.11. The van der Waals surface area contributed by atoms with E-state index in [1.807, 2.05) is 0 Å². The molecule has 0 rings (SSSR count). The molecule has 0 aliphatic heterocycles. The zero-order valence-corrected chi connectivity index (χ0v) is 10.9. The zero-order chi connectivity index (χ0) is 12.8. The van der Waals surface area contributed by atoms with Crippen molar-refractivity contribution >= 4 is 12.1 Å². The van der Waals surface area contributed by atoms with Crippen molar-refractivity contribution in [1.29, 1.82) is 0 Å². The molecule has 0 aromatic carbocycles. The van der Waals surface area contributed by atoms with E-state index in [0.29, 0.717) is 24.0 Å². The molecular formula is C13H22O3. The van der Waals surface area contributed by atoms with Crippen LogP contribution in [0.5, 0.6) is 0 Å². The first-order valence-electron chi connectivity index (χ1n) is 5.51. The van der Waals surface area contributed by atoms with E-state index in [1.165, 1.54) is 6.92 Å². The molecule has 0 aliphatic carbocycles. The highest BCUT2D eigenvalue weighted by molar-refractivity contribution is 5.98. The summed E-state index contributed by atoms with van der Waals surface area (Å²) in [6.07, 6.45) is 1.63. The van der Waals surface area contributed by atoms with E-state index in [2.05, 4.69) is 20.8 Å². The fourth-order valence-electron chi connectivity index (χ4n) is 1.12. The van der Waals surface area contributed by atoms with Crippen molar-refractivity contribution in [2.24, 2.45) is 5.41 Å². The number of carbonyl (C=O) groups excluding carboxylic acids is 2. The van der Waals surface area contributed by atoms with Gasteiger partial charge in [0.15, 0.2) is 5.78 Å². The molecule has 0 atom stereocenters. The summed E-state index contributed by atoms with van der Waals surface area (Å²) in [5.41, 5.74) is 1.16. The minimum absolute atomic E-state index is 0.0969.